The highest BCUT2D eigenvalue weighted by molar-refractivity contribution is 6.09. The zero-order valence-electron chi connectivity index (χ0n) is 14.7. The van der Waals surface area contributed by atoms with Gasteiger partial charge in [-0.1, -0.05) is 18.2 Å². The number of nitrogens with zero attached hydrogens (tertiary/aromatic N) is 2. The van der Waals surface area contributed by atoms with Crippen molar-refractivity contribution in [3.8, 4) is 0 Å². The van der Waals surface area contributed by atoms with Crippen LogP contribution in [0.1, 0.15) is 38.2 Å². The average molecular weight is 359 g/mol. The highest BCUT2D eigenvalue weighted by Crippen LogP contribution is 2.42. The molecule has 1 aliphatic heterocycles. The molecule has 4 rings (SSSR count). The Morgan fingerprint density at radius 3 is 2.58 bits per heavy atom. The van der Waals surface area contributed by atoms with E-state index in [2.05, 4.69) is 5.32 Å². The third kappa shape index (κ3) is 2.95. The first-order valence-electron chi connectivity index (χ1n) is 9.07. The van der Waals surface area contributed by atoms with Crippen LogP contribution in [0.15, 0.2) is 24.3 Å². The normalized spacial score (nSPS) is 25.4. The number of hydrogen-bond acceptors (Lipinski definition) is 3. The van der Waals surface area contributed by atoms with Crippen LogP contribution < -0.4 is 5.32 Å². The smallest absolute Gasteiger partial charge is 0.325 e. The lowest BCUT2D eigenvalue weighted by atomic mass is 9.96. The minimum atomic E-state index is -0.896. The highest BCUT2D eigenvalue weighted by Gasteiger charge is 2.56. The van der Waals surface area contributed by atoms with Gasteiger partial charge in [0, 0.05) is 18.2 Å². The summed E-state index contributed by atoms with van der Waals surface area (Å²) in [6, 6.07) is 5.89. The first-order chi connectivity index (χ1) is 12.4. The second kappa shape index (κ2) is 6.07. The lowest BCUT2D eigenvalue weighted by Gasteiger charge is -2.25. The molecule has 1 saturated heterocycles. The molecule has 4 amide bonds. The van der Waals surface area contributed by atoms with Gasteiger partial charge in [-0.05, 0) is 44.6 Å². The average Bonchev–Trinajstić information content (AvgIpc) is 3.49. The van der Waals surface area contributed by atoms with Gasteiger partial charge >= 0.3 is 6.03 Å². The number of carbonyl (C=O) groups is 3. The van der Waals surface area contributed by atoms with Gasteiger partial charge in [0.1, 0.15) is 17.9 Å². The Morgan fingerprint density at radius 1 is 1.27 bits per heavy atom. The van der Waals surface area contributed by atoms with Crippen LogP contribution in [-0.2, 0) is 16.1 Å². The maximum atomic E-state index is 14.0. The summed E-state index contributed by atoms with van der Waals surface area (Å²) in [6.07, 6.45) is 3.54. The van der Waals surface area contributed by atoms with Gasteiger partial charge in [-0.3, -0.25) is 14.5 Å². The van der Waals surface area contributed by atoms with Crippen LogP contribution in [-0.4, -0.2) is 45.8 Å². The fourth-order valence-corrected chi connectivity index (χ4v) is 3.64. The van der Waals surface area contributed by atoms with E-state index in [1.807, 2.05) is 0 Å². The van der Waals surface area contributed by atoms with E-state index in [-0.39, 0.29) is 42.7 Å². The summed E-state index contributed by atoms with van der Waals surface area (Å²) >= 11 is 0. The number of hydrogen-bond donors (Lipinski definition) is 1. The number of imide groups is 1. The zero-order chi connectivity index (χ0) is 18.5. The molecule has 26 heavy (non-hydrogen) atoms. The predicted octanol–water partition coefficient (Wildman–Crippen LogP) is 2.04. The van der Waals surface area contributed by atoms with Gasteiger partial charge in [0.25, 0.3) is 5.91 Å². The molecule has 0 aromatic heterocycles. The van der Waals surface area contributed by atoms with E-state index in [0.29, 0.717) is 5.56 Å². The van der Waals surface area contributed by atoms with Gasteiger partial charge in [0.05, 0.1) is 0 Å². The Balaban J connectivity index is 1.48. The maximum absolute atomic E-state index is 14.0. The van der Waals surface area contributed by atoms with E-state index >= 15 is 0 Å². The Hall–Kier alpha value is -2.44. The summed E-state index contributed by atoms with van der Waals surface area (Å²) in [5.41, 5.74) is -0.458. The lowest BCUT2D eigenvalue weighted by molar-refractivity contribution is -0.139. The van der Waals surface area contributed by atoms with Crippen molar-refractivity contribution in [1.82, 2.24) is 15.1 Å². The van der Waals surface area contributed by atoms with Gasteiger partial charge in [-0.2, -0.15) is 0 Å². The van der Waals surface area contributed by atoms with E-state index in [1.165, 1.54) is 6.07 Å². The molecule has 2 saturated carbocycles. The van der Waals surface area contributed by atoms with Gasteiger partial charge in [0.2, 0.25) is 5.91 Å². The van der Waals surface area contributed by atoms with E-state index in [0.717, 1.165) is 30.6 Å². The fourth-order valence-electron chi connectivity index (χ4n) is 3.64. The number of amides is 4. The summed E-state index contributed by atoms with van der Waals surface area (Å²) in [7, 11) is 0. The van der Waals surface area contributed by atoms with Crippen molar-refractivity contribution < 1.29 is 18.8 Å². The minimum Gasteiger partial charge on any atom is -0.334 e. The van der Waals surface area contributed by atoms with Crippen molar-refractivity contribution in [3.05, 3.63) is 35.6 Å². The second-order valence-electron chi connectivity index (χ2n) is 7.64. The van der Waals surface area contributed by atoms with E-state index in [4.69, 9.17) is 0 Å². The highest BCUT2D eigenvalue weighted by atomic mass is 19.1. The van der Waals surface area contributed by atoms with Crippen LogP contribution in [0.4, 0.5) is 9.18 Å². The van der Waals surface area contributed by atoms with Gasteiger partial charge in [-0.25, -0.2) is 9.18 Å². The molecule has 6 nitrogen and oxygen atoms in total. The van der Waals surface area contributed by atoms with Crippen LogP contribution in [0.25, 0.3) is 0 Å². The molecule has 2 aliphatic carbocycles. The first kappa shape index (κ1) is 17.0. The number of halogens is 1. The number of carbonyl (C=O) groups excluding carboxylic acids is 3. The molecule has 0 radical (unpaired) electrons. The van der Waals surface area contributed by atoms with Crippen molar-refractivity contribution in [2.24, 2.45) is 5.92 Å². The molecule has 1 N–H and O–H groups in total. The molecular formula is C19H22FN3O3. The lowest BCUT2D eigenvalue weighted by Crippen LogP contribution is -2.47. The monoisotopic (exact) mass is 359 g/mol. The number of rotatable bonds is 6. The number of urea groups is 1. The maximum Gasteiger partial charge on any atom is 0.325 e. The summed E-state index contributed by atoms with van der Waals surface area (Å²) in [5.74, 6) is -0.862. The molecule has 0 bridgehead atoms. The molecule has 7 heteroatoms. The van der Waals surface area contributed by atoms with Crippen LogP contribution in [0.3, 0.4) is 0 Å². The van der Waals surface area contributed by atoms with Gasteiger partial charge in [0.15, 0.2) is 0 Å². The zero-order valence-corrected chi connectivity index (χ0v) is 14.7. The van der Waals surface area contributed by atoms with Crippen molar-refractivity contribution >= 4 is 17.8 Å². The topological polar surface area (TPSA) is 69.7 Å². The SMILES string of the molecule is CC1(C2CC2)NC(=O)N(CC(=O)N(Cc2ccccc2F)C2CC2)C1=O. The Bertz CT molecular complexity index is 775. The fraction of sp³-hybridized carbons (Fsp3) is 0.526. The summed E-state index contributed by atoms with van der Waals surface area (Å²) in [5, 5.41) is 2.75. The van der Waals surface area contributed by atoms with Gasteiger partial charge in [-0.15, -0.1) is 0 Å². The second-order valence-corrected chi connectivity index (χ2v) is 7.64. The number of nitrogens with one attached hydrogen (secondary N) is 1. The molecule has 1 aromatic rings. The minimum absolute atomic E-state index is 0.0534. The molecule has 1 atom stereocenters. The van der Waals surface area contributed by atoms with Crippen molar-refractivity contribution in [2.45, 2.75) is 50.7 Å². The molecule has 3 aliphatic rings. The van der Waals surface area contributed by atoms with Crippen LogP contribution in [0.2, 0.25) is 0 Å². The van der Waals surface area contributed by atoms with Crippen LogP contribution >= 0.6 is 0 Å². The Morgan fingerprint density at radius 2 is 1.96 bits per heavy atom. The Kier molecular flexibility index (Phi) is 3.97. The van der Waals surface area contributed by atoms with Crippen LogP contribution in [0, 0.1) is 11.7 Å². The molecule has 138 valence electrons. The van der Waals surface area contributed by atoms with Crippen molar-refractivity contribution in [2.75, 3.05) is 6.54 Å². The third-order valence-corrected chi connectivity index (χ3v) is 5.59. The first-order valence-corrected chi connectivity index (χ1v) is 9.07. The molecule has 1 aromatic carbocycles. The molecule has 3 fully saturated rings. The molecular weight excluding hydrogens is 337 g/mol. The summed E-state index contributed by atoms with van der Waals surface area (Å²) in [6.45, 7) is 1.59. The number of benzene rings is 1. The van der Waals surface area contributed by atoms with Gasteiger partial charge < -0.3 is 10.2 Å². The quantitative estimate of drug-likeness (QED) is 0.790. The predicted molar refractivity (Wildman–Crippen MR) is 91.3 cm³/mol. The van der Waals surface area contributed by atoms with E-state index in [9.17, 15) is 18.8 Å². The van der Waals surface area contributed by atoms with Crippen molar-refractivity contribution in [1.29, 1.82) is 0 Å². The third-order valence-electron chi connectivity index (χ3n) is 5.59. The molecule has 0 spiro atoms. The Labute approximate surface area is 151 Å². The summed E-state index contributed by atoms with van der Waals surface area (Å²) < 4.78 is 14.0. The largest absolute Gasteiger partial charge is 0.334 e. The molecule has 1 heterocycles. The van der Waals surface area contributed by atoms with E-state index in [1.54, 1.807) is 30.0 Å². The van der Waals surface area contributed by atoms with Crippen LogP contribution in [0.5, 0.6) is 0 Å². The summed E-state index contributed by atoms with van der Waals surface area (Å²) in [4.78, 5) is 40.4. The van der Waals surface area contributed by atoms with Crippen molar-refractivity contribution in [3.63, 3.8) is 0 Å². The standard InChI is InChI=1S/C19H22FN3O3/c1-19(13-6-7-13)17(25)23(18(26)21-19)11-16(24)22(14-8-9-14)10-12-4-2-3-5-15(12)20/h2-5,13-14H,6-11H2,1H3,(H,21,26). The van der Waals surface area contributed by atoms with E-state index < -0.39 is 11.6 Å². The molecule has 1 unspecified atom stereocenters.